The number of aromatic nitrogens is 2. The van der Waals surface area contributed by atoms with E-state index in [4.69, 9.17) is 0 Å². The van der Waals surface area contributed by atoms with Crippen LogP contribution in [0.2, 0.25) is 0 Å². The van der Waals surface area contributed by atoms with Crippen LogP contribution in [-0.4, -0.2) is 39.4 Å². The molecule has 0 atom stereocenters. The topological polar surface area (TPSA) is 67.2 Å². The molecule has 0 aliphatic rings. The summed E-state index contributed by atoms with van der Waals surface area (Å²) < 4.78 is 16.0. The Morgan fingerprint density at radius 2 is 1.71 bits per heavy atom. The van der Waals surface area contributed by atoms with E-state index in [1.54, 1.807) is 10.6 Å². The largest absolute Gasteiger partial charge is 0.326 e. The summed E-state index contributed by atoms with van der Waals surface area (Å²) in [6.07, 6.45) is 3.34. The molecule has 6 nitrogen and oxygen atoms in total. The van der Waals surface area contributed by atoms with Crippen molar-refractivity contribution in [3.63, 3.8) is 0 Å². The SMILES string of the molecule is C=CCN(CC(=O)Nc1nc(-c2ccccc2)cn1-c1ccc(C)cc1)C(=O)c1ccccc1F. The molecule has 0 unspecified atom stereocenters. The second-order valence-corrected chi connectivity index (χ2v) is 8.02. The molecule has 0 bridgehead atoms. The van der Waals surface area contributed by atoms with Crippen molar-refractivity contribution < 1.29 is 14.0 Å². The third kappa shape index (κ3) is 5.52. The number of imidazole rings is 1. The highest BCUT2D eigenvalue weighted by Crippen LogP contribution is 2.24. The molecular weight excluding hydrogens is 443 g/mol. The van der Waals surface area contributed by atoms with E-state index in [-0.39, 0.29) is 18.7 Å². The second kappa shape index (κ2) is 10.6. The molecule has 0 fully saturated rings. The number of carbonyl (C=O) groups is 2. The Hall–Kier alpha value is -4.52. The maximum Gasteiger partial charge on any atom is 0.257 e. The predicted octanol–water partition coefficient (Wildman–Crippen LogP) is 5.25. The van der Waals surface area contributed by atoms with Gasteiger partial charge in [0, 0.05) is 24.0 Å². The van der Waals surface area contributed by atoms with E-state index in [9.17, 15) is 14.0 Å². The number of anilines is 1. The first-order valence-electron chi connectivity index (χ1n) is 11.1. The molecule has 1 aromatic heterocycles. The van der Waals surface area contributed by atoms with Gasteiger partial charge in [-0.3, -0.25) is 19.5 Å². The minimum atomic E-state index is -0.644. The monoisotopic (exact) mass is 468 g/mol. The van der Waals surface area contributed by atoms with Gasteiger partial charge in [-0.25, -0.2) is 9.37 Å². The van der Waals surface area contributed by atoms with Crippen molar-refractivity contribution in [3.05, 3.63) is 115 Å². The fraction of sp³-hybridized carbons (Fsp3) is 0.107. The third-order valence-electron chi connectivity index (χ3n) is 5.41. The quantitative estimate of drug-likeness (QED) is 0.359. The van der Waals surface area contributed by atoms with Gasteiger partial charge in [-0.2, -0.15) is 0 Å². The highest BCUT2D eigenvalue weighted by molar-refractivity contribution is 5.99. The molecule has 0 saturated carbocycles. The van der Waals surface area contributed by atoms with Crippen LogP contribution in [0.4, 0.5) is 10.3 Å². The first-order valence-corrected chi connectivity index (χ1v) is 11.1. The molecule has 0 spiro atoms. The van der Waals surface area contributed by atoms with Crippen LogP contribution in [0.15, 0.2) is 97.7 Å². The number of benzene rings is 3. The van der Waals surface area contributed by atoms with E-state index in [2.05, 4.69) is 16.9 Å². The second-order valence-electron chi connectivity index (χ2n) is 8.02. The van der Waals surface area contributed by atoms with Crippen molar-refractivity contribution in [2.24, 2.45) is 0 Å². The van der Waals surface area contributed by atoms with Crippen LogP contribution < -0.4 is 5.32 Å². The van der Waals surface area contributed by atoms with E-state index in [1.807, 2.05) is 67.7 Å². The highest BCUT2D eigenvalue weighted by Gasteiger charge is 2.22. The van der Waals surface area contributed by atoms with Crippen LogP contribution >= 0.6 is 0 Å². The maximum atomic E-state index is 14.2. The molecule has 176 valence electrons. The van der Waals surface area contributed by atoms with Crippen molar-refractivity contribution >= 4 is 17.8 Å². The summed E-state index contributed by atoms with van der Waals surface area (Å²) in [4.78, 5) is 31.8. The lowest BCUT2D eigenvalue weighted by Gasteiger charge is -2.21. The number of nitrogens with one attached hydrogen (secondary N) is 1. The Kier molecular flexibility index (Phi) is 7.16. The normalized spacial score (nSPS) is 10.6. The molecule has 1 heterocycles. The average molecular weight is 469 g/mol. The van der Waals surface area contributed by atoms with Crippen LogP contribution in [0.5, 0.6) is 0 Å². The van der Waals surface area contributed by atoms with Crippen molar-refractivity contribution in [1.29, 1.82) is 0 Å². The van der Waals surface area contributed by atoms with Gasteiger partial charge >= 0.3 is 0 Å². The van der Waals surface area contributed by atoms with Gasteiger partial charge in [-0.1, -0.05) is 66.2 Å². The van der Waals surface area contributed by atoms with Crippen LogP contribution in [0, 0.1) is 12.7 Å². The molecule has 4 aromatic rings. The number of nitrogens with zero attached hydrogens (tertiary/aromatic N) is 3. The predicted molar refractivity (Wildman–Crippen MR) is 135 cm³/mol. The number of aryl methyl sites for hydroxylation is 1. The van der Waals surface area contributed by atoms with Crippen molar-refractivity contribution in [2.45, 2.75) is 6.92 Å². The average Bonchev–Trinajstić information content (AvgIpc) is 3.28. The summed E-state index contributed by atoms with van der Waals surface area (Å²) in [5.41, 5.74) is 3.42. The molecule has 35 heavy (non-hydrogen) atoms. The zero-order valence-electron chi connectivity index (χ0n) is 19.3. The fourth-order valence-corrected chi connectivity index (χ4v) is 3.64. The van der Waals surface area contributed by atoms with Gasteiger partial charge in [0.05, 0.1) is 11.3 Å². The van der Waals surface area contributed by atoms with Gasteiger partial charge in [0.1, 0.15) is 12.4 Å². The molecule has 0 radical (unpaired) electrons. The van der Waals surface area contributed by atoms with Crippen LogP contribution in [0.3, 0.4) is 0 Å². The van der Waals surface area contributed by atoms with Gasteiger partial charge in [-0.15, -0.1) is 6.58 Å². The molecule has 7 heteroatoms. The molecule has 0 saturated heterocycles. The number of halogens is 1. The number of hydrogen-bond acceptors (Lipinski definition) is 3. The number of amides is 2. The molecule has 0 aliphatic heterocycles. The van der Waals surface area contributed by atoms with E-state index >= 15 is 0 Å². The third-order valence-corrected chi connectivity index (χ3v) is 5.41. The minimum Gasteiger partial charge on any atom is -0.326 e. The highest BCUT2D eigenvalue weighted by atomic mass is 19.1. The van der Waals surface area contributed by atoms with Crippen LogP contribution in [0.1, 0.15) is 15.9 Å². The summed E-state index contributed by atoms with van der Waals surface area (Å²) in [5, 5.41) is 2.81. The molecule has 3 aromatic carbocycles. The molecular formula is C28H25FN4O2. The van der Waals surface area contributed by atoms with E-state index in [0.717, 1.165) is 16.8 Å². The molecule has 0 aliphatic carbocycles. The number of rotatable bonds is 8. The van der Waals surface area contributed by atoms with E-state index < -0.39 is 17.6 Å². The van der Waals surface area contributed by atoms with Crippen LogP contribution in [0.25, 0.3) is 16.9 Å². The minimum absolute atomic E-state index is 0.0856. The van der Waals surface area contributed by atoms with Gasteiger partial charge in [0.25, 0.3) is 5.91 Å². The van der Waals surface area contributed by atoms with Crippen molar-refractivity contribution in [3.8, 4) is 16.9 Å². The Morgan fingerprint density at radius 3 is 2.40 bits per heavy atom. The summed E-state index contributed by atoms with van der Waals surface area (Å²) >= 11 is 0. The lowest BCUT2D eigenvalue weighted by Crippen LogP contribution is -2.38. The first-order chi connectivity index (χ1) is 17.0. The molecule has 2 amide bonds. The maximum absolute atomic E-state index is 14.2. The summed E-state index contributed by atoms with van der Waals surface area (Å²) in [5.74, 6) is -1.39. The van der Waals surface area contributed by atoms with Gasteiger partial charge in [-0.05, 0) is 31.2 Å². The number of hydrogen-bond donors (Lipinski definition) is 1. The van der Waals surface area contributed by atoms with E-state index in [0.29, 0.717) is 11.6 Å². The summed E-state index contributed by atoms with van der Waals surface area (Å²) in [6.45, 7) is 5.44. The lowest BCUT2D eigenvalue weighted by molar-refractivity contribution is -0.116. The Balaban J connectivity index is 1.61. The zero-order valence-corrected chi connectivity index (χ0v) is 19.3. The standard InChI is InChI=1S/C28H25FN4O2/c1-3-17-32(27(35)23-11-7-8-12-24(23)29)19-26(34)31-28-30-25(21-9-5-4-6-10-21)18-33(28)22-15-13-20(2)14-16-22/h3-16,18H,1,17,19H2,2H3,(H,30,31,34). The Labute approximate surface area is 203 Å². The van der Waals surface area contributed by atoms with Crippen LogP contribution in [-0.2, 0) is 4.79 Å². The molecule has 1 N–H and O–H groups in total. The lowest BCUT2D eigenvalue weighted by atomic mass is 10.2. The Morgan fingerprint density at radius 1 is 1.03 bits per heavy atom. The first kappa shape index (κ1) is 23.6. The van der Waals surface area contributed by atoms with Gasteiger partial charge < -0.3 is 4.90 Å². The molecule has 4 rings (SSSR count). The Bertz CT molecular complexity index is 1350. The number of carbonyl (C=O) groups excluding carboxylic acids is 2. The summed E-state index contributed by atoms with van der Waals surface area (Å²) in [7, 11) is 0. The summed E-state index contributed by atoms with van der Waals surface area (Å²) in [6, 6.07) is 23.1. The van der Waals surface area contributed by atoms with Gasteiger partial charge in [0.15, 0.2) is 0 Å². The fourth-order valence-electron chi connectivity index (χ4n) is 3.64. The van der Waals surface area contributed by atoms with Gasteiger partial charge in [0.2, 0.25) is 11.9 Å². The van der Waals surface area contributed by atoms with Crippen molar-refractivity contribution in [2.75, 3.05) is 18.4 Å². The zero-order chi connectivity index (χ0) is 24.8. The van der Waals surface area contributed by atoms with Crippen molar-refractivity contribution in [1.82, 2.24) is 14.5 Å². The smallest absolute Gasteiger partial charge is 0.257 e. The van der Waals surface area contributed by atoms with E-state index in [1.165, 1.54) is 29.2 Å².